The molecule has 0 aliphatic heterocycles. The Labute approximate surface area is 180 Å². The van der Waals surface area contributed by atoms with Gasteiger partial charge in [0, 0.05) is 6.61 Å². The van der Waals surface area contributed by atoms with Crippen molar-refractivity contribution in [1.29, 1.82) is 0 Å². The summed E-state index contributed by atoms with van der Waals surface area (Å²) in [6.07, 6.45) is 21.2. The molecular weight excluding hydrogens is 384 g/mol. The van der Waals surface area contributed by atoms with E-state index in [0.29, 0.717) is 15.3 Å². The summed E-state index contributed by atoms with van der Waals surface area (Å²) in [5, 5.41) is 0. The number of halogens is 1. The van der Waals surface area contributed by atoms with E-state index in [-0.39, 0.29) is 0 Å². The molecule has 4 heteroatoms. The number of hydrogen-bond donors (Lipinski definition) is 0. The van der Waals surface area contributed by atoms with E-state index in [9.17, 15) is 0 Å². The SMILES string of the molecule is CCCCCCCCCCCCCCCC[Si]OCCC[Si](C)(Cl)C(C)C. The molecule has 162 valence electrons. The molecular formula is C23H49ClOSi2. The molecule has 0 rings (SSSR count). The van der Waals surface area contributed by atoms with Crippen molar-refractivity contribution in [2.75, 3.05) is 6.61 Å². The fourth-order valence-electron chi connectivity index (χ4n) is 3.31. The third-order valence-corrected chi connectivity index (χ3v) is 12.4. The van der Waals surface area contributed by atoms with Crippen molar-refractivity contribution in [2.45, 2.75) is 141 Å². The average Bonchev–Trinajstić information content (AvgIpc) is 2.63. The first-order chi connectivity index (χ1) is 13.0. The number of rotatable bonds is 21. The van der Waals surface area contributed by atoms with Crippen LogP contribution < -0.4 is 0 Å². The highest BCUT2D eigenvalue weighted by atomic mass is 35.6. The molecule has 1 nitrogen and oxygen atoms in total. The summed E-state index contributed by atoms with van der Waals surface area (Å²) in [6.45, 7) is 10.0. The van der Waals surface area contributed by atoms with E-state index in [0.717, 1.165) is 13.0 Å². The van der Waals surface area contributed by atoms with Crippen LogP contribution in [0.5, 0.6) is 0 Å². The van der Waals surface area contributed by atoms with Crippen molar-refractivity contribution in [3.05, 3.63) is 0 Å². The van der Waals surface area contributed by atoms with Gasteiger partial charge in [-0.2, -0.15) is 11.1 Å². The van der Waals surface area contributed by atoms with Crippen LogP contribution >= 0.6 is 11.1 Å². The average molecular weight is 433 g/mol. The van der Waals surface area contributed by atoms with E-state index in [2.05, 4.69) is 27.3 Å². The second-order valence-corrected chi connectivity index (χ2v) is 16.8. The van der Waals surface area contributed by atoms with Gasteiger partial charge in [-0.05, 0) is 24.1 Å². The first kappa shape index (κ1) is 27.7. The van der Waals surface area contributed by atoms with E-state index in [1.54, 1.807) is 0 Å². The van der Waals surface area contributed by atoms with Gasteiger partial charge in [0.2, 0.25) is 9.76 Å². The van der Waals surface area contributed by atoms with Crippen molar-refractivity contribution in [2.24, 2.45) is 0 Å². The van der Waals surface area contributed by atoms with Crippen LogP contribution in [-0.4, -0.2) is 23.8 Å². The Bertz CT molecular complexity index is 298. The van der Waals surface area contributed by atoms with Gasteiger partial charge in [0.1, 0.15) is 0 Å². The molecule has 0 aromatic heterocycles. The van der Waals surface area contributed by atoms with Crippen LogP contribution in [0.1, 0.15) is 117 Å². The number of unbranched alkanes of at least 4 members (excludes halogenated alkanes) is 13. The molecule has 0 saturated carbocycles. The Balaban J connectivity index is 3.11. The first-order valence-corrected chi connectivity index (χ1v) is 17.0. The molecule has 0 aromatic rings. The maximum atomic E-state index is 6.64. The Hall–Kier alpha value is 0.684. The van der Waals surface area contributed by atoms with Gasteiger partial charge in [0.25, 0.3) is 0 Å². The Kier molecular flexibility index (Phi) is 20.5. The molecule has 27 heavy (non-hydrogen) atoms. The standard InChI is InChI=1S/C23H49ClOSi2/c1-5-6-7-8-9-10-11-12-13-14-15-16-17-18-21-26-25-20-19-22-27(4,24)23(2)3/h23H,5-22H2,1-4H3. The lowest BCUT2D eigenvalue weighted by Crippen LogP contribution is -2.26. The van der Waals surface area contributed by atoms with Gasteiger partial charge < -0.3 is 4.43 Å². The van der Waals surface area contributed by atoms with Crippen molar-refractivity contribution >= 4 is 28.2 Å². The van der Waals surface area contributed by atoms with E-state index in [1.165, 1.54) is 102 Å². The van der Waals surface area contributed by atoms with Crippen molar-refractivity contribution in [1.82, 2.24) is 0 Å². The van der Waals surface area contributed by atoms with Gasteiger partial charge in [-0.25, -0.2) is 0 Å². The van der Waals surface area contributed by atoms with E-state index in [1.807, 2.05) is 0 Å². The van der Waals surface area contributed by atoms with Crippen molar-refractivity contribution in [3.63, 3.8) is 0 Å². The Morgan fingerprint density at radius 1 is 0.741 bits per heavy atom. The predicted octanol–water partition coefficient (Wildman–Crippen LogP) is 9.14. The van der Waals surface area contributed by atoms with E-state index in [4.69, 9.17) is 15.5 Å². The summed E-state index contributed by atoms with van der Waals surface area (Å²) in [5.41, 5.74) is 0.664. The van der Waals surface area contributed by atoms with Gasteiger partial charge >= 0.3 is 0 Å². The summed E-state index contributed by atoms with van der Waals surface area (Å²) in [5.74, 6) is 0. The summed E-state index contributed by atoms with van der Waals surface area (Å²) in [6, 6.07) is 2.45. The highest BCUT2D eigenvalue weighted by Gasteiger charge is 2.27. The molecule has 0 fully saturated rings. The first-order valence-electron chi connectivity index (χ1n) is 12.0. The van der Waals surface area contributed by atoms with Gasteiger partial charge in [0.05, 0.1) is 0 Å². The fraction of sp³-hybridized carbons (Fsp3) is 1.00. The topological polar surface area (TPSA) is 9.23 Å². The maximum absolute atomic E-state index is 6.64. The third-order valence-electron chi connectivity index (χ3n) is 5.85. The van der Waals surface area contributed by atoms with Crippen molar-refractivity contribution in [3.8, 4) is 0 Å². The maximum Gasteiger partial charge on any atom is 0.229 e. The minimum Gasteiger partial charge on any atom is -0.417 e. The van der Waals surface area contributed by atoms with Crippen LogP contribution in [0.25, 0.3) is 0 Å². The lowest BCUT2D eigenvalue weighted by atomic mass is 10.0. The molecule has 0 aromatic carbocycles. The molecule has 0 saturated heterocycles. The van der Waals surface area contributed by atoms with Gasteiger partial charge in [-0.1, -0.05) is 117 Å². The molecule has 1 atom stereocenters. The van der Waals surface area contributed by atoms with Crippen LogP contribution in [0, 0.1) is 0 Å². The molecule has 1 unspecified atom stereocenters. The minimum atomic E-state index is -1.50. The monoisotopic (exact) mass is 432 g/mol. The number of hydrogen-bond acceptors (Lipinski definition) is 1. The molecule has 0 N–H and O–H groups in total. The second-order valence-electron chi connectivity index (χ2n) is 8.88. The molecule has 0 bridgehead atoms. The molecule has 0 aliphatic rings. The largest absolute Gasteiger partial charge is 0.417 e. The zero-order valence-electron chi connectivity index (χ0n) is 19.1. The van der Waals surface area contributed by atoms with Crippen LogP contribution in [0.15, 0.2) is 0 Å². The summed E-state index contributed by atoms with van der Waals surface area (Å²) < 4.78 is 5.81. The van der Waals surface area contributed by atoms with Gasteiger partial charge in [0.15, 0.2) is 7.38 Å². The summed E-state index contributed by atoms with van der Waals surface area (Å²) in [4.78, 5) is 0. The molecule has 0 amide bonds. The van der Waals surface area contributed by atoms with Crippen LogP contribution in [0.2, 0.25) is 24.2 Å². The van der Waals surface area contributed by atoms with E-state index >= 15 is 0 Å². The smallest absolute Gasteiger partial charge is 0.229 e. The minimum absolute atomic E-state index is 0.664. The lowest BCUT2D eigenvalue weighted by Gasteiger charge is -2.23. The highest BCUT2D eigenvalue weighted by Crippen LogP contribution is 2.29. The molecule has 2 radical (unpaired) electrons. The zero-order valence-corrected chi connectivity index (χ0v) is 21.8. The highest BCUT2D eigenvalue weighted by molar-refractivity contribution is 7.20. The summed E-state index contributed by atoms with van der Waals surface area (Å²) in [7, 11) is -0.794. The van der Waals surface area contributed by atoms with Gasteiger partial charge in [-0.3, -0.25) is 0 Å². The van der Waals surface area contributed by atoms with Crippen LogP contribution in [0.3, 0.4) is 0 Å². The fourth-order valence-corrected chi connectivity index (χ4v) is 5.96. The van der Waals surface area contributed by atoms with Gasteiger partial charge in [-0.15, -0.1) is 0 Å². The molecule has 0 aliphatic carbocycles. The quantitative estimate of drug-likeness (QED) is 0.0996. The third kappa shape index (κ3) is 19.8. The Morgan fingerprint density at radius 3 is 1.63 bits per heavy atom. The normalized spacial score (nSPS) is 14.0. The summed E-state index contributed by atoms with van der Waals surface area (Å²) >= 11 is 6.64. The van der Waals surface area contributed by atoms with Crippen LogP contribution in [-0.2, 0) is 4.43 Å². The molecule has 0 spiro atoms. The Morgan fingerprint density at radius 2 is 1.19 bits per heavy atom. The predicted molar refractivity (Wildman–Crippen MR) is 129 cm³/mol. The lowest BCUT2D eigenvalue weighted by molar-refractivity contribution is 0.333. The van der Waals surface area contributed by atoms with E-state index < -0.39 is 7.38 Å². The molecule has 0 heterocycles. The van der Waals surface area contributed by atoms with Crippen molar-refractivity contribution < 1.29 is 4.43 Å². The van der Waals surface area contributed by atoms with Crippen LogP contribution in [0.4, 0.5) is 0 Å². The second kappa shape index (κ2) is 20.0. The zero-order chi connectivity index (χ0) is 20.2.